The Labute approximate surface area is 83.6 Å². The number of aromatic nitrogens is 1. The fourth-order valence-electron chi connectivity index (χ4n) is 1.35. The predicted octanol–water partition coefficient (Wildman–Crippen LogP) is 0.932. The number of aromatic hydroxyl groups is 1. The Morgan fingerprint density at radius 1 is 1.27 bits per heavy atom. The first-order valence-electron chi connectivity index (χ1n) is 4.17. The number of phenolic OH excluding ortho intramolecular Hbond substituents is 1. The molecule has 1 heterocycles. The number of phenols is 1. The molecule has 2 rings (SSSR count). The molecule has 0 fully saturated rings. The Kier molecular flexibility index (Phi) is 1.93. The van der Waals surface area contributed by atoms with Crippen LogP contribution in [0.15, 0.2) is 29.1 Å². The van der Waals surface area contributed by atoms with Gasteiger partial charge in [-0.25, -0.2) is 4.79 Å². The van der Waals surface area contributed by atoms with E-state index >= 15 is 0 Å². The van der Waals surface area contributed by atoms with Crippen LogP contribution in [-0.2, 0) is 0 Å². The summed E-state index contributed by atoms with van der Waals surface area (Å²) in [5, 5.41) is 18.4. The van der Waals surface area contributed by atoms with Crippen molar-refractivity contribution < 1.29 is 15.0 Å². The maximum atomic E-state index is 11.3. The highest BCUT2D eigenvalue weighted by Gasteiger charge is 2.09. The van der Waals surface area contributed by atoms with E-state index < -0.39 is 11.5 Å². The Balaban J connectivity index is 2.82. The first-order chi connectivity index (χ1) is 7.08. The van der Waals surface area contributed by atoms with Gasteiger partial charge in [0.2, 0.25) is 0 Å². The molecule has 0 radical (unpaired) electrons. The van der Waals surface area contributed by atoms with Crippen molar-refractivity contribution in [1.82, 2.24) is 4.98 Å². The molecule has 15 heavy (non-hydrogen) atoms. The quantitative estimate of drug-likeness (QED) is 0.646. The molecule has 0 aliphatic carbocycles. The lowest BCUT2D eigenvalue weighted by Gasteiger charge is -2.00. The van der Waals surface area contributed by atoms with Crippen LogP contribution >= 0.6 is 0 Å². The molecule has 1 aromatic carbocycles. The number of H-pyrrole nitrogens is 1. The number of pyridine rings is 1. The smallest absolute Gasteiger partial charge is 0.341 e. The zero-order valence-electron chi connectivity index (χ0n) is 7.52. The van der Waals surface area contributed by atoms with Gasteiger partial charge >= 0.3 is 5.97 Å². The first kappa shape index (κ1) is 9.26. The number of hydrogen-bond acceptors (Lipinski definition) is 3. The molecule has 0 aliphatic rings. The molecule has 76 valence electrons. The van der Waals surface area contributed by atoms with E-state index in [2.05, 4.69) is 4.98 Å². The van der Waals surface area contributed by atoms with E-state index in [1.54, 1.807) is 0 Å². The van der Waals surface area contributed by atoms with Gasteiger partial charge in [0.25, 0.3) is 5.56 Å². The minimum absolute atomic E-state index is 0.0150. The molecule has 0 bridgehead atoms. The second kappa shape index (κ2) is 3.13. The molecule has 1 aromatic heterocycles. The molecule has 0 saturated carbocycles. The lowest BCUT2D eigenvalue weighted by Crippen LogP contribution is -2.16. The Hall–Kier alpha value is -2.30. The third-order valence-corrected chi connectivity index (χ3v) is 2.06. The predicted molar refractivity (Wildman–Crippen MR) is 53.2 cm³/mol. The van der Waals surface area contributed by atoms with Gasteiger partial charge in [-0.15, -0.1) is 0 Å². The summed E-state index contributed by atoms with van der Waals surface area (Å²) in [6.07, 6.45) is 0. The second-order valence-electron chi connectivity index (χ2n) is 3.09. The van der Waals surface area contributed by atoms with Crippen LogP contribution < -0.4 is 5.56 Å². The zero-order valence-corrected chi connectivity index (χ0v) is 7.52. The van der Waals surface area contributed by atoms with Crippen LogP contribution in [0.4, 0.5) is 0 Å². The maximum Gasteiger partial charge on any atom is 0.341 e. The van der Waals surface area contributed by atoms with Crippen LogP contribution in [0.5, 0.6) is 5.75 Å². The van der Waals surface area contributed by atoms with Gasteiger partial charge in [-0.1, -0.05) is 0 Å². The molecule has 0 aliphatic heterocycles. The minimum atomic E-state index is -1.27. The summed E-state index contributed by atoms with van der Waals surface area (Å²) in [7, 11) is 0. The zero-order chi connectivity index (χ0) is 11.0. The number of carboxylic acids is 1. The van der Waals surface area contributed by atoms with E-state index in [0.717, 1.165) is 0 Å². The van der Waals surface area contributed by atoms with E-state index in [1.807, 2.05) is 0 Å². The second-order valence-corrected chi connectivity index (χ2v) is 3.09. The fourth-order valence-corrected chi connectivity index (χ4v) is 1.35. The molecule has 0 amide bonds. The number of benzene rings is 1. The average molecular weight is 205 g/mol. The Bertz CT molecular complexity index is 600. The number of aromatic carboxylic acids is 1. The molecule has 0 spiro atoms. The third-order valence-electron chi connectivity index (χ3n) is 2.06. The van der Waals surface area contributed by atoms with E-state index in [9.17, 15) is 9.59 Å². The van der Waals surface area contributed by atoms with Gasteiger partial charge < -0.3 is 15.2 Å². The van der Waals surface area contributed by atoms with Gasteiger partial charge in [0.15, 0.2) is 0 Å². The minimum Gasteiger partial charge on any atom is -0.508 e. The van der Waals surface area contributed by atoms with E-state index in [-0.39, 0.29) is 11.3 Å². The van der Waals surface area contributed by atoms with Crippen molar-refractivity contribution >= 4 is 16.9 Å². The van der Waals surface area contributed by atoms with Crippen molar-refractivity contribution in [2.24, 2.45) is 0 Å². The highest BCUT2D eigenvalue weighted by molar-refractivity contribution is 5.92. The number of carbonyl (C=O) groups is 1. The van der Waals surface area contributed by atoms with Crippen molar-refractivity contribution in [2.45, 2.75) is 0 Å². The highest BCUT2D eigenvalue weighted by atomic mass is 16.4. The number of rotatable bonds is 1. The van der Waals surface area contributed by atoms with Crippen LogP contribution in [0, 0.1) is 0 Å². The number of fused-ring (bicyclic) bond motifs is 1. The van der Waals surface area contributed by atoms with Crippen LogP contribution in [0.25, 0.3) is 10.9 Å². The molecule has 0 saturated heterocycles. The summed E-state index contributed by atoms with van der Waals surface area (Å²) in [5.74, 6) is -1.26. The number of carboxylic acid groups (broad SMARTS) is 1. The third kappa shape index (κ3) is 1.54. The fraction of sp³-hybridized carbons (Fsp3) is 0. The van der Waals surface area contributed by atoms with E-state index in [1.165, 1.54) is 24.3 Å². The van der Waals surface area contributed by atoms with Crippen molar-refractivity contribution in [3.05, 3.63) is 40.2 Å². The van der Waals surface area contributed by atoms with Gasteiger partial charge in [0.1, 0.15) is 11.3 Å². The van der Waals surface area contributed by atoms with Gasteiger partial charge in [-0.05, 0) is 23.6 Å². The van der Waals surface area contributed by atoms with Gasteiger partial charge in [0.05, 0.1) is 5.52 Å². The van der Waals surface area contributed by atoms with Crippen LogP contribution in [0.1, 0.15) is 10.4 Å². The number of aromatic amines is 1. The Morgan fingerprint density at radius 2 is 2.00 bits per heavy atom. The highest BCUT2D eigenvalue weighted by Crippen LogP contribution is 2.17. The monoisotopic (exact) mass is 205 g/mol. The van der Waals surface area contributed by atoms with E-state index in [0.29, 0.717) is 10.9 Å². The molecule has 5 nitrogen and oxygen atoms in total. The molecule has 0 atom stereocenters. The van der Waals surface area contributed by atoms with Gasteiger partial charge in [-0.3, -0.25) is 4.79 Å². The summed E-state index contributed by atoms with van der Waals surface area (Å²) >= 11 is 0. The normalized spacial score (nSPS) is 10.4. The van der Waals surface area contributed by atoms with Crippen molar-refractivity contribution in [1.29, 1.82) is 0 Å². The van der Waals surface area contributed by atoms with Crippen molar-refractivity contribution in [3.8, 4) is 5.75 Å². The van der Waals surface area contributed by atoms with E-state index in [4.69, 9.17) is 10.2 Å². The maximum absolute atomic E-state index is 11.3. The molecule has 3 N–H and O–H groups in total. The topological polar surface area (TPSA) is 90.4 Å². The summed E-state index contributed by atoms with van der Waals surface area (Å²) in [6.45, 7) is 0. The Morgan fingerprint density at radius 3 is 2.67 bits per heavy atom. The summed E-state index contributed by atoms with van der Waals surface area (Å²) in [6, 6.07) is 5.59. The van der Waals surface area contributed by atoms with Crippen molar-refractivity contribution in [3.63, 3.8) is 0 Å². The largest absolute Gasteiger partial charge is 0.508 e. The standard InChI is InChI=1S/C10H7NO4/c12-6-2-1-5-3-7(10(14)15)9(13)11-8(5)4-6/h1-4,12H,(H,11,13)(H,14,15). The number of hydrogen-bond donors (Lipinski definition) is 3. The van der Waals surface area contributed by atoms with Crippen LogP contribution in [0.2, 0.25) is 0 Å². The summed E-state index contributed by atoms with van der Waals surface area (Å²) < 4.78 is 0. The summed E-state index contributed by atoms with van der Waals surface area (Å²) in [5.41, 5.74) is -0.584. The molecule has 5 heteroatoms. The van der Waals surface area contributed by atoms with Gasteiger partial charge in [0, 0.05) is 6.07 Å². The molecular formula is C10H7NO4. The lowest BCUT2D eigenvalue weighted by molar-refractivity contribution is 0.0695. The van der Waals surface area contributed by atoms with Crippen LogP contribution in [0.3, 0.4) is 0 Å². The molecular weight excluding hydrogens is 198 g/mol. The van der Waals surface area contributed by atoms with Crippen LogP contribution in [-0.4, -0.2) is 21.2 Å². The SMILES string of the molecule is O=C(O)c1cc2ccc(O)cc2[nH]c1=O. The summed E-state index contributed by atoms with van der Waals surface area (Å²) in [4.78, 5) is 24.3. The molecule has 2 aromatic rings. The average Bonchev–Trinajstić information content (AvgIpc) is 2.15. The number of nitrogens with one attached hydrogen (secondary N) is 1. The molecule has 0 unspecified atom stereocenters. The first-order valence-corrected chi connectivity index (χ1v) is 4.17. The van der Waals surface area contributed by atoms with Gasteiger partial charge in [-0.2, -0.15) is 0 Å². The van der Waals surface area contributed by atoms with Crippen molar-refractivity contribution in [2.75, 3.05) is 0 Å². The lowest BCUT2D eigenvalue weighted by atomic mass is 10.1.